The van der Waals surface area contributed by atoms with Gasteiger partial charge in [-0.2, -0.15) is 0 Å². The zero-order valence-corrected chi connectivity index (χ0v) is 10.5. The third-order valence-corrected chi connectivity index (χ3v) is 2.46. The smallest absolute Gasteiger partial charge is 0.119 e. The van der Waals surface area contributed by atoms with Crippen LogP contribution in [0.2, 0.25) is 0 Å². The molecule has 0 fully saturated rings. The quantitative estimate of drug-likeness (QED) is 0.603. The molecule has 0 aromatic heterocycles. The van der Waals surface area contributed by atoms with Crippen LogP contribution in [-0.2, 0) is 0 Å². The zero-order valence-electron chi connectivity index (χ0n) is 10.5. The Morgan fingerprint density at radius 2 is 1.88 bits per heavy atom. The van der Waals surface area contributed by atoms with Crippen LogP contribution in [0.3, 0.4) is 0 Å². The van der Waals surface area contributed by atoms with E-state index in [1.54, 1.807) is 0 Å². The van der Waals surface area contributed by atoms with E-state index < -0.39 is 0 Å². The van der Waals surface area contributed by atoms with Crippen molar-refractivity contribution in [3.05, 3.63) is 29.8 Å². The molecule has 0 spiro atoms. The molecular formula is C15H21NO. The lowest BCUT2D eigenvalue weighted by molar-refractivity contribution is 0.305. The fraction of sp³-hybridized carbons (Fsp3) is 0.467. The Balaban J connectivity index is 2.30. The second kappa shape index (κ2) is 8.66. The third-order valence-electron chi connectivity index (χ3n) is 2.46. The average molecular weight is 231 g/mol. The van der Waals surface area contributed by atoms with Gasteiger partial charge in [0.25, 0.3) is 0 Å². The molecule has 0 atom stereocenters. The molecule has 2 N–H and O–H groups in total. The second-order valence-electron chi connectivity index (χ2n) is 3.94. The normalized spacial score (nSPS) is 9.53. The lowest BCUT2D eigenvalue weighted by atomic mass is 10.2. The van der Waals surface area contributed by atoms with Crippen LogP contribution in [0.25, 0.3) is 0 Å². The van der Waals surface area contributed by atoms with Gasteiger partial charge < -0.3 is 10.5 Å². The van der Waals surface area contributed by atoms with Gasteiger partial charge in [0.1, 0.15) is 5.75 Å². The minimum absolute atomic E-state index is 0.398. The molecule has 0 aliphatic heterocycles. The van der Waals surface area contributed by atoms with E-state index in [-0.39, 0.29) is 0 Å². The maximum absolute atomic E-state index is 5.64. The molecule has 0 aliphatic carbocycles. The minimum atomic E-state index is 0.398. The van der Waals surface area contributed by atoms with Crippen molar-refractivity contribution in [1.82, 2.24) is 0 Å². The highest BCUT2D eigenvalue weighted by Gasteiger charge is 1.94. The van der Waals surface area contributed by atoms with Crippen LogP contribution in [0.1, 0.15) is 38.2 Å². The van der Waals surface area contributed by atoms with Crippen molar-refractivity contribution in [1.29, 1.82) is 0 Å². The molecule has 2 heteroatoms. The van der Waals surface area contributed by atoms with Gasteiger partial charge in [-0.05, 0) is 30.7 Å². The molecule has 0 heterocycles. The first-order chi connectivity index (χ1) is 8.36. The molecule has 0 saturated carbocycles. The summed E-state index contributed by atoms with van der Waals surface area (Å²) in [5.41, 5.74) is 6.29. The molecule has 92 valence electrons. The van der Waals surface area contributed by atoms with Crippen LogP contribution in [0, 0.1) is 11.8 Å². The number of unbranched alkanes of at least 4 members (excludes halogenated alkanes) is 3. The Morgan fingerprint density at radius 1 is 1.12 bits per heavy atom. The van der Waals surface area contributed by atoms with Gasteiger partial charge in [0.2, 0.25) is 0 Å². The average Bonchev–Trinajstić information content (AvgIpc) is 2.37. The highest BCUT2D eigenvalue weighted by molar-refractivity contribution is 5.38. The number of hydrogen-bond acceptors (Lipinski definition) is 2. The van der Waals surface area contributed by atoms with E-state index in [0.29, 0.717) is 6.54 Å². The summed E-state index contributed by atoms with van der Waals surface area (Å²) >= 11 is 0. The van der Waals surface area contributed by atoms with Crippen molar-refractivity contribution in [3.8, 4) is 17.6 Å². The van der Waals surface area contributed by atoms with Gasteiger partial charge >= 0.3 is 0 Å². The Hall–Kier alpha value is -1.46. The van der Waals surface area contributed by atoms with Crippen molar-refractivity contribution < 1.29 is 4.74 Å². The second-order valence-corrected chi connectivity index (χ2v) is 3.94. The molecule has 1 aromatic rings. The van der Waals surface area contributed by atoms with E-state index in [1.807, 2.05) is 24.3 Å². The van der Waals surface area contributed by atoms with Gasteiger partial charge in [0, 0.05) is 5.56 Å². The van der Waals surface area contributed by atoms with Gasteiger partial charge in [-0.1, -0.05) is 38.0 Å². The van der Waals surface area contributed by atoms with Crippen LogP contribution in [0.4, 0.5) is 0 Å². The van der Waals surface area contributed by atoms with Gasteiger partial charge in [-0.3, -0.25) is 0 Å². The van der Waals surface area contributed by atoms with Crippen LogP contribution in [0.15, 0.2) is 24.3 Å². The summed E-state index contributed by atoms with van der Waals surface area (Å²) in [6.07, 6.45) is 4.92. The topological polar surface area (TPSA) is 35.2 Å². The Labute approximate surface area is 104 Å². The van der Waals surface area contributed by atoms with Gasteiger partial charge in [0.05, 0.1) is 13.2 Å². The lowest BCUT2D eigenvalue weighted by Gasteiger charge is -2.05. The standard InChI is InChI=1S/C15H21NO/c1-2-3-4-5-13-17-15-10-8-14(9-11-15)7-6-12-16/h8-11H,2-5,12-13,16H2,1H3. The number of rotatable bonds is 6. The molecule has 0 saturated heterocycles. The molecule has 2 nitrogen and oxygen atoms in total. The molecular weight excluding hydrogens is 210 g/mol. The predicted octanol–water partition coefficient (Wildman–Crippen LogP) is 2.96. The van der Waals surface area contributed by atoms with E-state index in [2.05, 4.69) is 18.8 Å². The zero-order chi connectivity index (χ0) is 12.3. The van der Waals surface area contributed by atoms with E-state index in [1.165, 1.54) is 19.3 Å². The molecule has 0 radical (unpaired) electrons. The highest BCUT2D eigenvalue weighted by atomic mass is 16.5. The molecule has 0 aliphatic rings. The van der Waals surface area contributed by atoms with E-state index in [0.717, 1.165) is 24.3 Å². The summed E-state index contributed by atoms with van der Waals surface area (Å²) in [4.78, 5) is 0. The summed E-state index contributed by atoms with van der Waals surface area (Å²) in [5, 5.41) is 0. The summed E-state index contributed by atoms with van der Waals surface area (Å²) < 4.78 is 5.64. The van der Waals surface area contributed by atoms with Crippen molar-refractivity contribution in [2.45, 2.75) is 32.6 Å². The number of hydrogen-bond donors (Lipinski definition) is 1. The third kappa shape index (κ3) is 5.99. The maximum atomic E-state index is 5.64. The summed E-state index contributed by atoms with van der Waals surface area (Å²) in [7, 11) is 0. The van der Waals surface area contributed by atoms with Crippen LogP contribution >= 0.6 is 0 Å². The summed E-state index contributed by atoms with van der Waals surface area (Å²) in [5.74, 6) is 6.73. The molecule has 0 amide bonds. The van der Waals surface area contributed by atoms with Gasteiger partial charge in [-0.15, -0.1) is 0 Å². The Morgan fingerprint density at radius 3 is 2.53 bits per heavy atom. The molecule has 1 rings (SSSR count). The van der Waals surface area contributed by atoms with E-state index in [9.17, 15) is 0 Å². The predicted molar refractivity (Wildman–Crippen MR) is 72.0 cm³/mol. The van der Waals surface area contributed by atoms with Gasteiger partial charge in [0.15, 0.2) is 0 Å². The SMILES string of the molecule is CCCCCCOc1ccc(C#CCN)cc1. The maximum Gasteiger partial charge on any atom is 0.119 e. The lowest BCUT2D eigenvalue weighted by Crippen LogP contribution is -1.97. The van der Waals surface area contributed by atoms with E-state index in [4.69, 9.17) is 10.5 Å². The van der Waals surface area contributed by atoms with Crippen molar-refractivity contribution >= 4 is 0 Å². The van der Waals surface area contributed by atoms with Crippen molar-refractivity contribution in [2.75, 3.05) is 13.2 Å². The molecule has 17 heavy (non-hydrogen) atoms. The van der Waals surface area contributed by atoms with Crippen LogP contribution in [0.5, 0.6) is 5.75 Å². The van der Waals surface area contributed by atoms with E-state index >= 15 is 0 Å². The highest BCUT2D eigenvalue weighted by Crippen LogP contribution is 2.12. The first kappa shape index (κ1) is 13.6. The van der Waals surface area contributed by atoms with Crippen molar-refractivity contribution in [2.24, 2.45) is 5.73 Å². The van der Waals surface area contributed by atoms with Crippen LogP contribution in [-0.4, -0.2) is 13.2 Å². The number of nitrogens with two attached hydrogens (primary N) is 1. The monoisotopic (exact) mass is 231 g/mol. The fourth-order valence-corrected chi connectivity index (χ4v) is 1.51. The van der Waals surface area contributed by atoms with Gasteiger partial charge in [-0.25, -0.2) is 0 Å². The Kier molecular flexibility index (Phi) is 6.93. The van der Waals surface area contributed by atoms with Crippen molar-refractivity contribution in [3.63, 3.8) is 0 Å². The first-order valence-electron chi connectivity index (χ1n) is 6.28. The largest absolute Gasteiger partial charge is 0.494 e. The Bertz CT molecular complexity index is 359. The molecule has 0 bridgehead atoms. The summed E-state index contributed by atoms with van der Waals surface area (Å²) in [6.45, 7) is 3.41. The molecule has 1 aromatic carbocycles. The first-order valence-corrected chi connectivity index (χ1v) is 6.28. The van der Waals surface area contributed by atoms with Crippen LogP contribution < -0.4 is 10.5 Å². The summed E-state index contributed by atoms with van der Waals surface area (Å²) in [6, 6.07) is 7.84. The molecule has 0 unspecified atom stereocenters. The number of ether oxygens (including phenoxy) is 1. The minimum Gasteiger partial charge on any atom is -0.494 e. The number of benzene rings is 1. The fourth-order valence-electron chi connectivity index (χ4n) is 1.51.